The molecule has 0 saturated heterocycles. The summed E-state index contributed by atoms with van der Waals surface area (Å²) in [6.45, 7) is 8.82. The first-order valence-electron chi connectivity index (χ1n) is 4.10. The molecule has 0 saturated carbocycles. The van der Waals surface area contributed by atoms with Crippen molar-refractivity contribution < 1.29 is 11.9 Å². The van der Waals surface area contributed by atoms with Gasteiger partial charge in [0.15, 0.2) is 6.16 Å². The second kappa shape index (κ2) is 8.90. The SMILES string of the molecule is CC(C)CO[P+](=O)CC(C)C.[Ca+2].[H-].[H-]. The van der Waals surface area contributed by atoms with E-state index >= 15 is 0 Å². The molecule has 0 radical (unpaired) electrons. The topological polar surface area (TPSA) is 26.3 Å². The van der Waals surface area contributed by atoms with E-state index in [0.29, 0.717) is 24.6 Å². The van der Waals surface area contributed by atoms with Crippen LogP contribution in [0.1, 0.15) is 30.5 Å². The third kappa shape index (κ3) is 11.3. The van der Waals surface area contributed by atoms with E-state index < -0.39 is 8.03 Å². The van der Waals surface area contributed by atoms with E-state index in [2.05, 4.69) is 13.8 Å². The minimum absolute atomic E-state index is 0. The Hall–Kier alpha value is 1.32. The van der Waals surface area contributed by atoms with Crippen molar-refractivity contribution in [3.8, 4) is 0 Å². The van der Waals surface area contributed by atoms with E-state index in [9.17, 15) is 4.57 Å². The smallest absolute Gasteiger partial charge is 1.00 e. The van der Waals surface area contributed by atoms with Gasteiger partial charge in [0.2, 0.25) is 0 Å². The van der Waals surface area contributed by atoms with Gasteiger partial charge in [0, 0.05) is 5.92 Å². The Morgan fingerprint density at radius 3 is 2.08 bits per heavy atom. The molecule has 0 rings (SSSR count). The molecule has 1 unspecified atom stereocenters. The van der Waals surface area contributed by atoms with Crippen molar-refractivity contribution >= 4 is 45.8 Å². The van der Waals surface area contributed by atoms with Gasteiger partial charge >= 0.3 is 45.8 Å². The fourth-order valence-electron chi connectivity index (χ4n) is 0.583. The average Bonchev–Trinajstić information content (AvgIpc) is 1.82. The van der Waals surface area contributed by atoms with Crippen LogP contribution in [0.2, 0.25) is 0 Å². The van der Waals surface area contributed by atoms with Crippen LogP contribution in [0.5, 0.6) is 0 Å². The first kappa shape index (κ1) is 15.8. The Morgan fingerprint density at radius 1 is 1.25 bits per heavy atom. The maximum atomic E-state index is 11.1. The van der Waals surface area contributed by atoms with E-state index in [4.69, 9.17) is 4.52 Å². The number of hydrogen-bond donors (Lipinski definition) is 0. The molecule has 0 amide bonds. The summed E-state index contributed by atoms with van der Waals surface area (Å²) in [4.78, 5) is 0. The molecule has 12 heavy (non-hydrogen) atoms. The van der Waals surface area contributed by atoms with E-state index in [0.717, 1.165) is 0 Å². The molecule has 0 aromatic heterocycles. The van der Waals surface area contributed by atoms with Crippen LogP contribution in [0.25, 0.3) is 0 Å². The molecule has 0 aliphatic heterocycles. The van der Waals surface area contributed by atoms with Crippen LogP contribution in [0, 0.1) is 11.8 Å². The second-order valence-electron chi connectivity index (χ2n) is 3.60. The van der Waals surface area contributed by atoms with Crippen LogP contribution in [-0.2, 0) is 9.09 Å². The van der Waals surface area contributed by atoms with Crippen molar-refractivity contribution in [2.75, 3.05) is 12.8 Å². The van der Waals surface area contributed by atoms with Gasteiger partial charge in [-0.25, -0.2) is 0 Å². The third-order valence-corrected chi connectivity index (χ3v) is 2.53. The molecule has 1 atom stereocenters. The summed E-state index contributed by atoms with van der Waals surface area (Å²) in [5.74, 6) is 0.937. The Balaban J connectivity index is -0.000000167. The summed E-state index contributed by atoms with van der Waals surface area (Å²) in [6, 6.07) is 0. The summed E-state index contributed by atoms with van der Waals surface area (Å²) in [7, 11) is -1.40. The van der Waals surface area contributed by atoms with E-state index in [1.807, 2.05) is 13.8 Å². The van der Waals surface area contributed by atoms with Gasteiger partial charge in [-0.15, -0.1) is 4.52 Å². The van der Waals surface area contributed by atoms with Gasteiger partial charge in [0.05, 0.1) is 0 Å². The largest absolute Gasteiger partial charge is 2.00 e. The Labute approximate surface area is 109 Å². The summed E-state index contributed by atoms with van der Waals surface area (Å²) < 4.78 is 16.2. The van der Waals surface area contributed by atoms with Crippen LogP contribution < -0.4 is 0 Å². The third-order valence-electron chi connectivity index (χ3n) is 1.07. The van der Waals surface area contributed by atoms with Crippen molar-refractivity contribution in [1.82, 2.24) is 0 Å². The van der Waals surface area contributed by atoms with Gasteiger partial charge in [-0.1, -0.05) is 27.7 Å². The first-order valence-corrected chi connectivity index (χ1v) is 5.46. The maximum absolute atomic E-state index is 11.1. The molecule has 0 N–H and O–H groups in total. The van der Waals surface area contributed by atoms with Gasteiger partial charge in [-0.2, -0.15) is 0 Å². The summed E-state index contributed by atoms with van der Waals surface area (Å²) >= 11 is 0. The van der Waals surface area contributed by atoms with Crippen LogP contribution in [0.4, 0.5) is 0 Å². The van der Waals surface area contributed by atoms with Crippen LogP contribution >= 0.6 is 8.03 Å². The fraction of sp³-hybridized carbons (Fsp3) is 1.00. The molecule has 0 spiro atoms. The fourth-order valence-corrected chi connectivity index (χ4v) is 1.75. The number of rotatable bonds is 5. The minimum Gasteiger partial charge on any atom is -1.00 e. The molecule has 0 aliphatic carbocycles. The van der Waals surface area contributed by atoms with E-state index in [-0.39, 0.29) is 40.6 Å². The monoisotopic (exact) mass is 219 g/mol. The summed E-state index contributed by atoms with van der Waals surface area (Å²) in [5, 5.41) is 0. The molecule has 0 heterocycles. The van der Waals surface area contributed by atoms with Gasteiger partial charge in [-0.3, -0.25) is 0 Å². The standard InChI is InChI=1S/C8H18O2P.Ca.2H/c1-7(2)5-10-11(9)6-8(3)4;;;/h7-8H,5-6H2,1-4H3;;;/q+1;+2;2*-1. The van der Waals surface area contributed by atoms with Crippen molar-refractivity contribution in [2.24, 2.45) is 11.8 Å². The van der Waals surface area contributed by atoms with Crippen molar-refractivity contribution in [3.63, 3.8) is 0 Å². The van der Waals surface area contributed by atoms with Crippen molar-refractivity contribution in [1.29, 1.82) is 0 Å². The predicted molar refractivity (Wildman–Crippen MR) is 56.1 cm³/mol. The average molecular weight is 219 g/mol. The number of hydrogen-bond acceptors (Lipinski definition) is 2. The predicted octanol–water partition coefficient (Wildman–Crippen LogP) is 2.90. The zero-order chi connectivity index (χ0) is 8.85. The Morgan fingerprint density at radius 2 is 1.75 bits per heavy atom. The van der Waals surface area contributed by atoms with E-state index in [1.54, 1.807) is 0 Å². The molecular weight excluding hydrogens is 199 g/mol. The van der Waals surface area contributed by atoms with Crippen molar-refractivity contribution in [3.05, 3.63) is 0 Å². The van der Waals surface area contributed by atoms with Gasteiger partial charge in [0.25, 0.3) is 0 Å². The Bertz CT molecular complexity index is 135. The molecule has 4 heteroatoms. The van der Waals surface area contributed by atoms with Crippen molar-refractivity contribution in [2.45, 2.75) is 27.7 Å². The minimum atomic E-state index is -1.40. The molecule has 0 fully saturated rings. The zero-order valence-corrected chi connectivity index (χ0v) is 11.6. The molecule has 70 valence electrons. The summed E-state index contributed by atoms with van der Waals surface area (Å²) in [6.07, 6.45) is 0.683. The van der Waals surface area contributed by atoms with Gasteiger partial charge in [0.1, 0.15) is 6.61 Å². The van der Waals surface area contributed by atoms with Crippen LogP contribution in [-0.4, -0.2) is 50.5 Å². The quantitative estimate of drug-likeness (QED) is 0.525. The van der Waals surface area contributed by atoms with Gasteiger partial charge < -0.3 is 2.85 Å². The molecular formula is C8H20CaO2P+. The maximum Gasteiger partial charge on any atom is 2.00 e. The molecule has 0 aromatic rings. The van der Waals surface area contributed by atoms with E-state index in [1.165, 1.54) is 0 Å². The molecule has 0 bridgehead atoms. The van der Waals surface area contributed by atoms with Gasteiger partial charge in [-0.05, 0) is 10.5 Å². The zero-order valence-electron chi connectivity index (χ0n) is 10.5. The first-order chi connectivity index (χ1) is 5.02. The Kier molecular flexibility index (Phi) is 11.7. The normalized spacial score (nSPS) is 11.7. The van der Waals surface area contributed by atoms with Crippen LogP contribution in [0.3, 0.4) is 0 Å². The molecule has 0 aromatic carbocycles. The molecule has 0 aliphatic rings. The molecule has 2 nitrogen and oxygen atoms in total. The van der Waals surface area contributed by atoms with Crippen LogP contribution in [0.15, 0.2) is 0 Å². The summed E-state index contributed by atoms with van der Waals surface area (Å²) in [5.41, 5.74) is 0. The second-order valence-corrected chi connectivity index (χ2v) is 4.89.